The molecule has 5 atom stereocenters. The van der Waals surface area contributed by atoms with Crippen molar-refractivity contribution in [3.63, 3.8) is 0 Å². The Morgan fingerprint density at radius 2 is 1.86 bits per heavy atom. The summed E-state index contributed by atoms with van der Waals surface area (Å²) in [5, 5.41) is 3.25. The first-order chi connectivity index (χ1) is 10.2. The van der Waals surface area contributed by atoms with Crippen LogP contribution in [0.2, 0.25) is 0 Å². The minimum atomic E-state index is -0.511. The molecule has 0 amide bonds. The lowest BCUT2D eigenvalue weighted by Gasteiger charge is -2.44. The summed E-state index contributed by atoms with van der Waals surface area (Å²) < 4.78 is 5.50. The van der Waals surface area contributed by atoms with Crippen LogP contribution in [0.1, 0.15) is 59.8 Å². The van der Waals surface area contributed by atoms with E-state index < -0.39 is 17.7 Å². The number of ether oxygens (including phenoxy) is 1. The van der Waals surface area contributed by atoms with Crippen molar-refractivity contribution >= 4 is 11.8 Å². The quantitative estimate of drug-likeness (QED) is 0.777. The molecule has 0 bridgehead atoms. The van der Waals surface area contributed by atoms with E-state index in [0.717, 1.165) is 25.7 Å². The Kier molecular flexibility index (Phi) is 5.28. The van der Waals surface area contributed by atoms with E-state index in [1.165, 1.54) is 6.42 Å². The largest absolute Gasteiger partial charge is 0.459 e. The lowest BCUT2D eigenvalue weighted by Crippen LogP contribution is -2.61. The molecule has 2 fully saturated rings. The van der Waals surface area contributed by atoms with E-state index in [0.29, 0.717) is 11.8 Å². The fourth-order valence-corrected chi connectivity index (χ4v) is 3.79. The third-order valence-corrected chi connectivity index (χ3v) is 4.76. The fraction of sp³-hybridized carbons (Fsp3) is 0.882. The van der Waals surface area contributed by atoms with Gasteiger partial charge in [-0.2, -0.15) is 0 Å². The van der Waals surface area contributed by atoms with Gasteiger partial charge in [-0.1, -0.05) is 19.3 Å². The molecule has 0 aromatic carbocycles. The molecule has 0 spiro atoms. The topological polar surface area (TPSA) is 81.4 Å². The number of nitrogens with one attached hydrogen (secondary N) is 1. The van der Waals surface area contributed by atoms with Crippen molar-refractivity contribution in [2.45, 2.75) is 83.5 Å². The predicted molar refractivity (Wildman–Crippen MR) is 85.3 cm³/mol. The number of carbonyl (C=O) groups excluding carboxylic acids is 2. The molecule has 0 aromatic rings. The van der Waals surface area contributed by atoms with Crippen LogP contribution in [-0.4, -0.2) is 35.5 Å². The van der Waals surface area contributed by atoms with Gasteiger partial charge in [0.1, 0.15) is 11.6 Å². The highest BCUT2D eigenvalue weighted by atomic mass is 16.6. The molecule has 3 N–H and O–H groups in total. The summed E-state index contributed by atoms with van der Waals surface area (Å²) >= 11 is 0. The van der Waals surface area contributed by atoms with Crippen LogP contribution in [-0.2, 0) is 14.3 Å². The van der Waals surface area contributed by atoms with Crippen LogP contribution in [0.4, 0.5) is 0 Å². The first-order valence-corrected chi connectivity index (χ1v) is 8.47. The van der Waals surface area contributed by atoms with E-state index >= 15 is 0 Å². The second-order valence-electron chi connectivity index (χ2n) is 7.87. The number of hydrogen-bond acceptors (Lipinski definition) is 5. The summed E-state index contributed by atoms with van der Waals surface area (Å²) in [6, 6.07) is -1.21. The normalized spacial score (nSPS) is 33.7. The van der Waals surface area contributed by atoms with Gasteiger partial charge in [-0.3, -0.25) is 14.9 Å². The Morgan fingerprint density at radius 3 is 2.45 bits per heavy atom. The van der Waals surface area contributed by atoms with Crippen LogP contribution < -0.4 is 11.1 Å². The fourth-order valence-electron chi connectivity index (χ4n) is 3.79. The zero-order valence-electron chi connectivity index (χ0n) is 14.2. The number of hydrogen-bond donors (Lipinski definition) is 2. The Hall–Kier alpha value is -0.940. The molecule has 0 radical (unpaired) electrons. The van der Waals surface area contributed by atoms with Crippen LogP contribution in [0.5, 0.6) is 0 Å². The molecular weight excluding hydrogens is 280 g/mol. The maximum Gasteiger partial charge on any atom is 0.323 e. The van der Waals surface area contributed by atoms with E-state index in [1.54, 1.807) is 6.92 Å². The number of nitrogens with two attached hydrogens (primary N) is 1. The van der Waals surface area contributed by atoms with Crippen molar-refractivity contribution in [3.8, 4) is 0 Å². The van der Waals surface area contributed by atoms with Gasteiger partial charge >= 0.3 is 5.97 Å². The van der Waals surface area contributed by atoms with E-state index in [2.05, 4.69) is 5.32 Å². The predicted octanol–water partition coefficient (Wildman–Crippen LogP) is 1.78. The molecule has 126 valence electrons. The van der Waals surface area contributed by atoms with Gasteiger partial charge in [0.25, 0.3) is 0 Å². The lowest BCUT2D eigenvalue weighted by molar-refractivity contribution is -0.160. The highest BCUT2D eigenvalue weighted by molar-refractivity contribution is 5.90. The molecule has 1 aliphatic carbocycles. The Balaban J connectivity index is 2.14. The molecular formula is C17H30N2O3. The number of Topliss-reactive ketones (excluding diaryl/α,β-unsaturated/α-hetero) is 1. The summed E-state index contributed by atoms with van der Waals surface area (Å²) in [4.78, 5) is 24.9. The number of rotatable bonds is 3. The first-order valence-electron chi connectivity index (χ1n) is 8.47. The number of carbonyl (C=O) groups is 2. The van der Waals surface area contributed by atoms with Gasteiger partial charge in [-0.05, 0) is 52.4 Å². The number of ketones is 1. The molecule has 1 saturated heterocycles. The molecule has 0 aromatic heterocycles. The summed E-state index contributed by atoms with van der Waals surface area (Å²) in [5.74, 6) is 0.496. The Bertz CT molecular complexity index is 428. The van der Waals surface area contributed by atoms with Gasteiger partial charge in [0.15, 0.2) is 5.78 Å². The van der Waals surface area contributed by atoms with E-state index in [9.17, 15) is 9.59 Å². The smallest absolute Gasteiger partial charge is 0.323 e. The van der Waals surface area contributed by atoms with Crippen LogP contribution in [0.3, 0.4) is 0 Å². The van der Waals surface area contributed by atoms with Crippen LogP contribution in [0.25, 0.3) is 0 Å². The molecule has 2 aliphatic rings. The molecule has 2 rings (SSSR count). The molecule has 1 saturated carbocycles. The molecule has 5 heteroatoms. The second-order valence-corrected chi connectivity index (χ2v) is 7.87. The standard InChI is InChI=1S/C17H30N2O3/c1-10(18)15(20)14-12-8-6-5-7-11(12)9-13(19-14)16(21)22-17(2,3)4/h10-14,19H,5-9,18H2,1-4H3. The highest BCUT2D eigenvalue weighted by Gasteiger charge is 2.45. The van der Waals surface area contributed by atoms with Gasteiger partial charge in [-0.15, -0.1) is 0 Å². The van der Waals surface area contributed by atoms with Gasteiger partial charge in [0.05, 0.1) is 12.1 Å². The molecule has 22 heavy (non-hydrogen) atoms. The van der Waals surface area contributed by atoms with Crippen LogP contribution in [0.15, 0.2) is 0 Å². The molecule has 5 nitrogen and oxygen atoms in total. The van der Waals surface area contributed by atoms with Gasteiger partial charge in [-0.25, -0.2) is 0 Å². The van der Waals surface area contributed by atoms with Crippen molar-refractivity contribution < 1.29 is 14.3 Å². The van der Waals surface area contributed by atoms with Crippen molar-refractivity contribution in [3.05, 3.63) is 0 Å². The average Bonchev–Trinajstić information content (AvgIpc) is 2.43. The van der Waals surface area contributed by atoms with Gasteiger partial charge in [0, 0.05) is 0 Å². The van der Waals surface area contributed by atoms with Crippen LogP contribution in [0, 0.1) is 11.8 Å². The van der Waals surface area contributed by atoms with Crippen LogP contribution >= 0.6 is 0 Å². The van der Waals surface area contributed by atoms with E-state index in [4.69, 9.17) is 10.5 Å². The Labute approximate surface area is 133 Å². The van der Waals surface area contributed by atoms with Crippen molar-refractivity contribution in [2.24, 2.45) is 17.6 Å². The minimum absolute atomic E-state index is 0.0187. The third kappa shape index (κ3) is 4.07. The monoisotopic (exact) mass is 310 g/mol. The Morgan fingerprint density at radius 1 is 1.23 bits per heavy atom. The number of esters is 1. The zero-order valence-corrected chi connectivity index (χ0v) is 14.2. The summed E-state index contributed by atoms with van der Waals surface area (Å²) in [6.07, 6.45) is 5.24. The van der Waals surface area contributed by atoms with E-state index in [1.807, 2.05) is 20.8 Å². The van der Waals surface area contributed by atoms with Crippen molar-refractivity contribution in [1.82, 2.24) is 5.32 Å². The maximum atomic E-state index is 12.5. The summed E-state index contributed by atoms with van der Waals surface area (Å²) in [7, 11) is 0. The summed E-state index contributed by atoms with van der Waals surface area (Å²) in [6.45, 7) is 7.31. The van der Waals surface area contributed by atoms with Crippen molar-refractivity contribution in [1.29, 1.82) is 0 Å². The molecule has 5 unspecified atom stereocenters. The van der Waals surface area contributed by atoms with Gasteiger partial charge in [0.2, 0.25) is 0 Å². The SMILES string of the molecule is CC(N)C(=O)C1NC(C(=O)OC(C)(C)C)CC2CCCCC21. The van der Waals surface area contributed by atoms with Crippen molar-refractivity contribution in [2.75, 3.05) is 0 Å². The number of fused-ring (bicyclic) bond motifs is 1. The average molecular weight is 310 g/mol. The minimum Gasteiger partial charge on any atom is -0.459 e. The number of piperidine rings is 1. The highest BCUT2D eigenvalue weighted by Crippen LogP contribution is 2.39. The zero-order chi connectivity index (χ0) is 16.5. The lowest BCUT2D eigenvalue weighted by atomic mass is 9.68. The molecule has 1 heterocycles. The second kappa shape index (κ2) is 6.67. The summed E-state index contributed by atoms with van der Waals surface area (Å²) in [5.41, 5.74) is 5.30. The maximum absolute atomic E-state index is 12.5. The first kappa shape index (κ1) is 17.4. The van der Waals surface area contributed by atoms with E-state index in [-0.39, 0.29) is 17.8 Å². The third-order valence-electron chi connectivity index (χ3n) is 4.76. The van der Waals surface area contributed by atoms with Gasteiger partial charge < -0.3 is 10.5 Å². The molecule has 1 aliphatic heterocycles.